The first-order valence-corrected chi connectivity index (χ1v) is 9.24. The summed E-state index contributed by atoms with van der Waals surface area (Å²) < 4.78 is 28.4. The molecule has 0 unspecified atom stereocenters. The fraction of sp³-hybridized carbons (Fsp3) is 0.154. The lowest BCUT2D eigenvalue weighted by molar-refractivity contribution is 0.285. The third-order valence-electron chi connectivity index (χ3n) is 2.95. The molecule has 0 aliphatic rings. The Balaban J connectivity index is 1.96. The average molecular weight is 340 g/mol. The first-order valence-electron chi connectivity index (χ1n) is 6.06. The molecular weight excluding hydrogens is 328 g/mol. The van der Waals surface area contributed by atoms with Crippen LogP contribution in [-0.4, -0.2) is 18.5 Å². The maximum Gasteiger partial charge on any atom is 0.263 e. The van der Waals surface area contributed by atoms with Gasteiger partial charge in [0.15, 0.2) is 0 Å². The third kappa shape index (κ3) is 2.80. The number of sulfonamides is 1. The molecule has 0 aliphatic carbocycles. The summed E-state index contributed by atoms with van der Waals surface area (Å²) in [5, 5.41) is 9.12. The number of fused-ring (bicyclic) bond motifs is 1. The van der Waals surface area contributed by atoms with Crippen molar-refractivity contribution in [3.8, 4) is 0 Å². The van der Waals surface area contributed by atoms with Crippen LogP contribution in [0, 0.1) is 6.92 Å². The van der Waals surface area contributed by atoms with Crippen LogP contribution in [0.25, 0.3) is 10.2 Å². The minimum atomic E-state index is -3.65. The second-order valence-electron chi connectivity index (χ2n) is 4.43. The number of aromatic nitrogens is 1. The van der Waals surface area contributed by atoms with Gasteiger partial charge in [-0.1, -0.05) is 0 Å². The summed E-state index contributed by atoms with van der Waals surface area (Å²) in [4.78, 5) is 5.66. The van der Waals surface area contributed by atoms with Crippen LogP contribution in [-0.2, 0) is 16.6 Å². The Morgan fingerprint density at radius 2 is 2.14 bits per heavy atom. The number of hydrogen-bond donors (Lipinski definition) is 2. The molecule has 21 heavy (non-hydrogen) atoms. The Labute approximate surface area is 130 Å². The van der Waals surface area contributed by atoms with Gasteiger partial charge < -0.3 is 5.11 Å². The maximum absolute atomic E-state index is 12.4. The van der Waals surface area contributed by atoms with Crippen molar-refractivity contribution in [2.24, 2.45) is 0 Å². The summed E-state index contributed by atoms with van der Waals surface area (Å²) in [7, 11) is -3.65. The van der Waals surface area contributed by atoms with Crippen molar-refractivity contribution in [3.05, 3.63) is 39.5 Å². The van der Waals surface area contributed by atoms with Crippen LogP contribution in [0.5, 0.6) is 0 Å². The van der Waals surface area contributed by atoms with E-state index in [-0.39, 0.29) is 11.5 Å². The van der Waals surface area contributed by atoms with Crippen LogP contribution in [0.15, 0.2) is 34.7 Å². The van der Waals surface area contributed by atoms with Crippen molar-refractivity contribution in [1.29, 1.82) is 0 Å². The van der Waals surface area contributed by atoms with Crippen molar-refractivity contribution in [2.75, 3.05) is 4.72 Å². The van der Waals surface area contributed by atoms with Gasteiger partial charge in [-0.15, -0.1) is 22.7 Å². The van der Waals surface area contributed by atoms with E-state index in [0.29, 0.717) is 15.4 Å². The molecule has 110 valence electrons. The number of aliphatic hydroxyl groups is 1. The van der Waals surface area contributed by atoms with E-state index in [2.05, 4.69) is 9.71 Å². The SMILES string of the molecule is Cc1sc(CO)cc1S(=O)(=O)Nc1ccc2ncsc2c1. The zero-order valence-corrected chi connectivity index (χ0v) is 13.5. The molecule has 1 aromatic carbocycles. The topological polar surface area (TPSA) is 79.3 Å². The molecule has 2 N–H and O–H groups in total. The monoisotopic (exact) mass is 340 g/mol. The van der Waals surface area contributed by atoms with Gasteiger partial charge in [-0.25, -0.2) is 13.4 Å². The number of thiophene rings is 1. The highest BCUT2D eigenvalue weighted by molar-refractivity contribution is 7.93. The van der Waals surface area contributed by atoms with Gasteiger partial charge in [-0.3, -0.25) is 4.72 Å². The number of benzene rings is 1. The Morgan fingerprint density at radius 1 is 1.33 bits per heavy atom. The van der Waals surface area contributed by atoms with Crippen LogP contribution >= 0.6 is 22.7 Å². The van der Waals surface area contributed by atoms with Crippen LogP contribution in [0.2, 0.25) is 0 Å². The standard InChI is InChI=1S/C13H12N2O3S3/c1-8-13(5-10(6-16)20-8)21(17,18)15-9-2-3-11-12(4-9)19-7-14-11/h2-5,7,15-16H,6H2,1H3. The van der Waals surface area contributed by atoms with Crippen LogP contribution in [0.4, 0.5) is 5.69 Å². The lowest BCUT2D eigenvalue weighted by atomic mass is 10.3. The predicted octanol–water partition coefficient (Wildman–Crippen LogP) is 2.96. The van der Waals surface area contributed by atoms with Gasteiger partial charge in [-0.2, -0.15) is 0 Å². The molecule has 0 saturated carbocycles. The maximum atomic E-state index is 12.4. The second-order valence-corrected chi connectivity index (χ2v) is 8.31. The van der Waals surface area contributed by atoms with Gasteiger partial charge in [0.25, 0.3) is 10.0 Å². The van der Waals surface area contributed by atoms with E-state index in [0.717, 1.165) is 10.2 Å². The fourth-order valence-corrected chi connectivity index (χ4v) is 5.26. The van der Waals surface area contributed by atoms with E-state index in [1.54, 1.807) is 30.6 Å². The summed E-state index contributed by atoms with van der Waals surface area (Å²) in [6.07, 6.45) is 0. The lowest BCUT2D eigenvalue weighted by Gasteiger charge is -2.07. The largest absolute Gasteiger partial charge is 0.391 e. The first-order chi connectivity index (χ1) is 9.99. The van der Waals surface area contributed by atoms with E-state index < -0.39 is 10.0 Å². The molecule has 0 radical (unpaired) electrons. The first kappa shape index (κ1) is 14.5. The zero-order valence-electron chi connectivity index (χ0n) is 11.0. The summed E-state index contributed by atoms with van der Waals surface area (Å²) in [5.41, 5.74) is 3.07. The highest BCUT2D eigenvalue weighted by Crippen LogP contribution is 2.28. The van der Waals surface area contributed by atoms with Crippen molar-refractivity contribution in [3.63, 3.8) is 0 Å². The summed E-state index contributed by atoms with van der Waals surface area (Å²) in [5.74, 6) is 0. The third-order valence-corrected chi connectivity index (χ3v) is 6.42. The van der Waals surface area contributed by atoms with Crippen molar-refractivity contribution >= 4 is 48.6 Å². The number of anilines is 1. The number of hydrogen-bond acceptors (Lipinski definition) is 6. The minimum absolute atomic E-state index is 0.159. The smallest absolute Gasteiger partial charge is 0.263 e. The summed E-state index contributed by atoms with van der Waals surface area (Å²) in [6.45, 7) is 1.57. The van der Waals surface area contributed by atoms with Crippen molar-refractivity contribution in [2.45, 2.75) is 18.4 Å². The molecule has 0 fully saturated rings. The van der Waals surface area contributed by atoms with Crippen molar-refractivity contribution in [1.82, 2.24) is 4.98 Å². The molecule has 0 saturated heterocycles. The second kappa shape index (κ2) is 5.38. The number of aliphatic hydroxyl groups excluding tert-OH is 1. The Morgan fingerprint density at radius 3 is 2.86 bits per heavy atom. The fourth-order valence-electron chi connectivity index (χ4n) is 2.00. The lowest BCUT2D eigenvalue weighted by Crippen LogP contribution is -2.13. The molecule has 0 amide bonds. The molecule has 0 atom stereocenters. The van der Waals surface area contributed by atoms with E-state index in [1.165, 1.54) is 28.7 Å². The zero-order chi connectivity index (χ0) is 15.0. The molecule has 3 aromatic rings. The van der Waals surface area contributed by atoms with E-state index in [9.17, 15) is 8.42 Å². The predicted molar refractivity (Wildman–Crippen MR) is 85.4 cm³/mol. The Kier molecular flexibility index (Phi) is 3.70. The highest BCUT2D eigenvalue weighted by atomic mass is 32.2. The minimum Gasteiger partial charge on any atom is -0.391 e. The Hall–Kier alpha value is -1.48. The molecule has 0 bridgehead atoms. The quantitative estimate of drug-likeness (QED) is 0.765. The van der Waals surface area contributed by atoms with Gasteiger partial charge in [-0.05, 0) is 31.2 Å². The summed E-state index contributed by atoms with van der Waals surface area (Å²) in [6, 6.07) is 6.74. The highest BCUT2D eigenvalue weighted by Gasteiger charge is 2.20. The van der Waals surface area contributed by atoms with Crippen LogP contribution in [0.1, 0.15) is 9.75 Å². The van der Waals surface area contributed by atoms with E-state index in [1.807, 2.05) is 0 Å². The number of rotatable bonds is 4. The normalized spacial score (nSPS) is 11.9. The molecular formula is C13H12N2O3S3. The van der Waals surface area contributed by atoms with E-state index >= 15 is 0 Å². The molecule has 0 aliphatic heterocycles. The number of aryl methyl sites for hydroxylation is 1. The molecule has 0 spiro atoms. The average Bonchev–Trinajstić information content (AvgIpc) is 3.04. The van der Waals surface area contributed by atoms with Gasteiger partial charge in [0, 0.05) is 9.75 Å². The van der Waals surface area contributed by atoms with Gasteiger partial charge in [0.2, 0.25) is 0 Å². The number of nitrogens with zero attached hydrogens (tertiary/aromatic N) is 1. The van der Waals surface area contributed by atoms with Gasteiger partial charge >= 0.3 is 0 Å². The van der Waals surface area contributed by atoms with E-state index in [4.69, 9.17) is 5.11 Å². The van der Waals surface area contributed by atoms with Crippen LogP contribution < -0.4 is 4.72 Å². The Bertz CT molecular complexity index is 896. The number of nitrogens with one attached hydrogen (secondary N) is 1. The van der Waals surface area contributed by atoms with Gasteiger partial charge in [0.1, 0.15) is 4.90 Å². The van der Waals surface area contributed by atoms with Gasteiger partial charge in [0.05, 0.1) is 28.0 Å². The van der Waals surface area contributed by atoms with Crippen molar-refractivity contribution < 1.29 is 13.5 Å². The summed E-state index contributed by atoms with van der Waals surface area (Å²) >= 11 is 2.74. The molecule has 3 rings (SSSR count). The molecule has 2 aromatic heterocycles. The number of thiazole rings is 1. The molecule has 8 heteroatoms. The molecule has 5 nitrogen and oxygen atoms in total. The van der Waals surface area contributed by atoms with Crippen LogP contribution in [0.3, 0.4) is 0 Å². The molecule has 2 heterocycles.